The Bertz CT molecular complexity index is 154. The smallest absolute Gasteiger partial charge is 0.0405 e. The summed E-state index contributed by atoms with van der Waals surface area (Å²) in [4.78, 5) is 0. The lowest BCUT2D eigenvalue weighted by molar-refractivity contribution is 0.905. The molecule has 0 unspecified atom stereocenters. The molecule has 0 N–H and O–H groups in total. The first-order valence-electron chi connectivity index (χ1n) is 3.41. The Balaban J connectivity index is 2.54. The Morgan fingerprint density at radius 1 is 1.56 bits per heavy atom. The SMILES string of the molecule is CCCC1=C(C)[N]C=C1. The molecule has 1 rings (SSSR count). The van der Waals surface area contributed by atoms with E-state index >= 15 is 0 Å². The molecule has 0 fully saturated rings. The normalized spacial score (nSPS) is 16.7. The average molecular weight is 122 g/mol. The first-order valence-corrected chi connectivity index (χ1v) is 3.41. The van der Waals surface area contributed by atoms with E-state index in [0.29, 0.717) is 0 Å². The minimum Gasteiger partial charge on any atom is -0.261 e. The molecule has 1 radical (unpaired) electrons. The lowest BCUT2D eigenvalue weighted by atomic mass is 10.1. The van der Waals surface area contributed by atoms with Crippen molar-refractivity contribution >= 4 is 0 Å². The number of rotatable bonds is 2. The zero-order valence-electron chi connectivity index (χ0n) is 6.02. The third-order valence-electron chi connectivity index (χ3n) is 1.53. The van der Waals surface area contributed by atoms with E-state index in [1.165, 1.54) is 24.1 Å². The highest BCUT2D eigenvalue weighted by molar-refractivity contribution is 5.29. The summed E-state index contributed by atoms with van der Waals surface area (Å²) in [5.41, 5.74) is 2.59. The molecule has 1 heteroatoms. The molecule has 1 aliphatic heterocycles. The molecule has 0 aliphatic carbocycles. The molecule has 0 saturated carbocycles. The first-order chi connectivity index (χ1) is 4.34. The molecule has 0 amide bonds. The minimum absolute atomic E-state index is 1.17. The van der Waals surface area contributed by atoms with Gasteiger partial charge in [-0.2, -0.15) is 0 Å². The summed E-state index contributed by atoms with van der Waals surface area (Å²) in [5.74, 6) is 0. The fourth-order valence-electron chi connectivity index (χ4n) is 0.976. The van der Waals surface area contributed by atoms with Crippen LogP contribution in [-0.4, -0.2) is 0 Å². The Labute approximate surface area is 56.5 Å². The van der Waals surface area contributed by atoms with Crippen molar-refractivity contribution < 1.29 is 0 Å². The second-order valence-electron chi connectivity index (χ2n) is 2.31. The van der Waals surface area contributed by atoms with Crippen molar-refractivity contribution in [2.24, 2.45) is 0 Å². The van der Waals surface area contributed by atoms with E-state index in [-0.39, 0.29) is 0 Å². The molecule has 0 spiro atoms. The number of allylic oxidation sites excluding steroid dienone is 3. The van der Waals surface area contributed by atoms with Gasteiger partial charge in [-0.3, -0.25) is 5.32 Å². The Kier molecular flexibility index (Phi) is 1.93. The summed E-state index contributed by atoms with van der Waals surface area (Å²) in [7, 11) is 0. The van der Waals surface area contributed by atoms with Crippen molar-refractivity contribution in [3.05, 3.63) is 23.5 Å². The molecule has 0 aromatic heterocycles. The van der Waals surface area contributed by atoms with Crippen LogP contribution >= 0.6 is 0 Å². The Morgan fingerprint density at radius 3 is 2.78 bits per heavy atom. The van der Waals surface area contributed by atoms with Crippen LogP contribution in [0.15, 0.2) is 23.5 Å². The molecule has 1 heterocycles. The van der Waals surface area contributed by atoms with E-state index in [1.807, 2.05) is 6.20 Å². The third-order valence-corrected chi connectivity index (χ3v) is 1.53. The van der Waals surface area contributed by atoms with Gasteiger partial charge in [-0.05, 0) is 25.0 Å². The third kappa shape index (κ3) is 1.35. The van der Waals surface area contributed by atoms with Gasteiger partial charge in [0.2, 0.25) is 0 Å². The molecule has 0 atom stereocenters. The molecular formula is C8H12N. The molecular weight excluding hydrogens is 110 g/mol. The summed E-state index contributed by atoms with van der Waals surface area (Å²) in [6.45, 7) is 4.25. The monoisotopic (exact) mass is 122 g/mol. The van der Waals surface area contributed by atoms with Crippen molar-refractivity contribution in [2.75, 3.05) is 0 Å². The van der Waals surface area contributed by atoms with Crippen molar-refractivity contribution in [1.29, 1.82) is 0 Å². The summed E-state index contributed by atoms with van der Waals surface area (Å²) < 4.78 is 0. The predicted octanol–water partition coefficient (Wildman–Crippen LogP) is 2.19. The van der Waals surface area contributed by atoms with Gasteiger partial charge in [0, 0.05) is 11.9 Å². The molecule has 9 heavy (non-hydrogen) atoms. The van der Waals surface area contributed by atoms with Crippen molar-refractivity contribution in [3.63, 3.8) is 0 Å². The van der Waals surface area contributed by atoms with Crippen LogP contribution in [0, 0.1) is 0 Å². The Hall–Kier alpha value is -0.720. The van der Waals surface area contributed by atoms with Crippen LogP contribution in [0.5, 0.6) is 0 Å². The van der Waals surface area contributed by atoms with Gasteiger partial charge in [0.25, 0.3) is 0 Å². The molecule has 0 aromatic rings. The lowest BCUT2D eigenvalue weighted by Crippen LogP contribution is -1.87. The van der Waals surface area contributed by atoms with E-state index in [2.05, 4.69) is 25.2 Å². The molecule has 0 bridgehead atoms. The van der Waals surface area contributed by atoms with Crippen LogP contribution in [0.3, 0.4) is 0 Å². The quantitative estimate of drug-likeness (QED) is 0.533. The maximum atomic E-state index is 4.14. The average Bonchev–Trinajstić information content (AvgIpc) is 2.18. The van der Waals surface area contributed by atoms with Gasteiger partial charge >= 0.3 is 0 Å². The summed E-state index contributed by atoms with van der Waals surface area (Å²) >= 11 is 0. The maximum absolute atomic E-state index is 4.14. The van der Waals surface area contributed by atoms with Gasteiger partial charge in [0.1, 0.15) is 0 Å². The van der Waals surface area contributed by atoms with E-state index in [0.717, 1.165) is 0 Å². The maximum Gasteiger partial charge on any atom is 0.0405 e. The van der Waals surface area contributed by atoms with Gasteiger partial charge < -0.3 is 0 Å². The highest BCUT2D eigenvalue weighted by Crippen LogP contribution is 2.15. The summed E-state index contributed by atoms with van der Waals surface area (Å²) in [5, 5.41) is 4.14. The zero-order chi connectivity index (χ0) is 6.69. The standard InChI is InChI=1S/C8H12N/c1-3-4-8-5-6-9-7(8)2/h5-6H,3-4H2,1-2H3. The van der Waals surface area contributed by atoms with E-state index in [4.69, 9.17) is 0 Å². The van der Waals surface area contributed by atoms with Crippen LogP contribution < -0.4 is 5.32 Å². The molecule has 1 nitrogen and oxygen atoms in total. The van der Waals surface area contributed by atoms with Gasteiger partial charge in [0.05, 0.1) is 0 Å². The topological polar surface area (TPSA) is 14.1 Å². The number of nitrogens with zero attached hydrogens (tertiary/aromatic N) is 1. The van der Waals surface area contributed by atoms with Crippen molar-refractivity contribution in [3.8, 4) is 0 Å². The number of hydrogen-bond acceptors (Lipinski definition) is 0. The summed E-state index contributed by atoms with van der Waals surface area (Å²) in [6, 6.07) is 0. The van der Waals surface area contributed by atoms with Crippen LogP contribution in [-0.2, 0) is 0 Å². The van der Waals surface area contributed by atoms with Crippen molar-refractivity contribution in [2.45, 2.75) is 26.7 Å². The van der Waals surface area contributed by atoms with E-state index in [1.54, 1.807) is 0 Å². The van der Waals surface area contributed by atoms with Crippen LogP contribution in [0.4, 0.5) is 0 Å². The largest absolute Gasteiger partial charge is 0.261 e. The van der Waals surface area contributed by atoms with E-state index < -0.39 is 0 Å². The minimum atomic E-state index is 1.17. The molecule has 49 valence electrons. The van der Waals surface area contributed by atoms with Gasteiger partial charge in [-0.25, -0.2) is 0 Å². The van der Waals surface area contributed by atoms with Crippen molar-refractivity contribution in [1.82, 2.24) is 5.32 Å². The predicted molar refractivity (Wildman–Crippen MR) is 38.9 cm³/mol. The zero-order valence-corrected chi connectivity index (χ0v) is 6.02. The fourth-order valence-corrected chi connectivity index (χ4v) is 0.976. The van der Waals surface area contributed by atoms with E-state index in [9.17, 15) is 0 Å². The second-order valence-corrected chi connectivity index (χ2v) is 2.31. The Morgan fingerprint density at radius 2 is 2.33 bits per heavy atom. The van der Waals surface area contributed by atoms with Gasteiger partial charge in [0.15, 0.2) is 0 Å². The van der Waals surface area contributed by atoms with Crippen LogP contribution in [0.1, 0.15) is 26.7 Å². The van der Waals surface area contributed by atoms with Gasteiger partial charge in [-0.1, -0.05) is 13.3 Å². The van der Waals surface area contributed by atoms with Crippen LogP contribution in [0.2, 0.25) is 0 Å². The lowest BCUT2D eigenvalue weighted by Gasteiger charge is -1.95. The number of hydrogen-bond donors (Lipinski definition) is 0. The highest BCUT2D eigenvalue weighted by atomic mass is 14.9. The van der Waals surface area contributed by atoms with Gasteiger partial charge in [-0.15, -0.1) is 0 Å². The molecule has 0 aromatic carbocycles. The molecule has 0 saturated heterocycles. The fraction of sp³-hybridized carbons (Fsp3) is 0.500. The first kappa shape index (κ1) is 6.40. The summed E-state index contributed by atoms with van der Waals surface area (Å²) in [6.07, 6.45) is 6.36. The highest BCUT2D eigenvalue weighted by Gasteiger charge is 2.02. The van der Waals surface area contributed by atoms with Crippen LogP contribution in [0.25, 0.3) is 0 Å². The molecule has 1 aliphatic rings. The second kappa shape index (κ2) is 2.72.